The van der Waals surface area contributed by atoms with Crippen LogP contribution in [0.5, 0.6) is 5.75 Å². The van der Waals surface area contributed by atoms with Crippen molar-refractivity contribution in [1.29, 1.82) is 0 Å². The first-order chi connectivity index (χ1) is 6.88. The molecule has 0 saturated carbocycles. The zero-order chi connectivity index (χ0) is 11.5. The first-order valence-corrected chi connectivity index (χ1v) is 7.12. The molecule has 0 aliphatic heterocycles. The average Bonchev–Trinajstić information content (AvgIpc) is 2.07. The second-order valence-corrected chi connectivity index (χ2v) is 6.41. The van der Waals surface area contributed by atoms with Crippen LogP contribution < -0.4 is 4.74 Å². The number of hydrogen-bond acceptors (Lipinski definition) is 3. The molecule has 0 N–H and O–H groups in total. The van der Waals surface area contributed by atoms with Gasteiger partial charge < -0.3 is 4.74 Å². The molecule has 1 aromatic carbocycles. The van der Waals surface area contributed by atoms with Gasteiger partial charge in [-0.2, -0.15) is 0 Å². The van der Waals surface area contributed by atoms with Crippen LogP contribution in [0.4, 0.5) is 0 Å². The SMILES string of the molecule is O=S(=O)(Cl)CCOc1ccc(Cl)cc1Cl. The summed E-state index contributed by atoms with van der Waals surface area (Å²) in [6, 6.07) is 4.66. The summed E-state index contributed by atoms with van der Waals surface area (Å²) < 4.78 is 26.3. The van der Waals surface area contributed by atoms with E-state index in [1.54, 1.807) is 12.1 Å². The fourth-order valence-corrected chi connectivity index (χ4v) is 1.78. The van der Waals surface area contributed by atoms with Crippen LogP contribution >= 0.6 is 33.9 Å². The molecule has 0 saturated heterocycles. The summed E-state index contributed by atoms with van der Waals surface area (Å²) in [7, 11) is 1.47. The van der Waals surface area contributed by atoms with Gasteiger partial charge >= 0.3 is 0 Å². The molecular formula is C8H7Cl3O3S. The number of halogens is 3. The van der Waals surface area contributed by atoms with Crippen molar-refractivity contribution in [2.75, 3.05) is 12.4 Å². The van der Waals surface area contributed by atoms with Crippen molar-refractivity contribution in [3.8, 4) is 5.75 Å². The van der Waals surface area contributed by atoms with Crippen LogP contribution in [0.15, 0.2) is 18.2 Å². The van der Waals surface area contributed by atoms with E-state index in [1.165, 1.54) is 6.07 Å². The van der Waals surface area contributed by atoms with E-state index in [-0.39, 0.29) is 12.4 Å². The molecule has 0 aromatic heterocycles. The minimum absolute atomic E-state index is 0.0484. The van der Waals surface area contributed by atoms with Crippen LogP contribution in [-0.2, 0) is 9.05 Å². The minimum Gasteiger partial charge on any atom is -0.491 e. The van der Waals surface area contributed by atoms with E-state index < -0.39 is 9.05 Å². The lowest BCUT2D eigenvalue weighted by molar-refractivity contribution is 0.342. The van der Waals surface area contributed by atoms with Crippen LogP contribution in [-0.4, -0.2) is 20.8 Å². The molecule has 7 heteroatoms. The van der Waals surface area contributed by atoms with Crippen molar-refractivity contribution in [2.24, 2.45) is 0 Å². The molecule has 0 aliphatic rings. The van der Waals surface area contributed by atoms with Gasteiger partial charge in [0, 0.05) is 15.7 Å². The lowest BCUT2D eigenvalue weighted by atomic mass is 10.3. The normalized spacial score (nSPS) is 11.4. The standard InChI is InChI=1S/C8H7Cl3O3S/c9-6-1-2-8(7(10)5-6)14-3-4-15(11,12)13/h1-2,5H,3-4H2. The Hall–Kier alpha value is -0.160. The topological polar surface area (TPSA) is 43.4 Å². The summed E-state index contributed by atoms with van der Waals surface area (Å²) in [4.78, 5) is 0. The molecule has 0 bridgehead atoms. The number of rotatable bonds is 4. The summed E-state index contributed by atoms with van der Waals surface area (Å²) in [5.41, 5.74) is 0. The molecule has 0 radical (unpaired) electrons. The highest BCUT2D eigenvalue weighted by molar-refractivity contribution is 8.13. The second kappa shape index (κ2) is 5.25. The van der Waals surface area contributed by atoms with Crippen molar-refractivity contribution >= 4 is 42.9 Å². The zero-order valence-electron chi connectivity index (χ0n) is 7.41. The van der Waals surface area contributed by atoms with Crippen LogP contribution in [0.25, 0.3) is 0 Å². The van der Waals surface area contributed by atoms with Gasteiger partial charge in [0.15, 0.2) is 0 Å². The maximum atomic E-state index is 10.6. The molecule has 15 heavy (non-hydrogen) atoms. The van der Waals surface area contributed by atoms with E-state index in [0.717, 1.165) is 0 Å². The summed E-state index contributed by atoms with van der Waals surface area (Å²) >= 11 is 11.5. The van der Waals surface area contributed by atoms with Gasteiger partial charge in [0.05, 0.1) is 10.8 Å². The maximum Gasteiger partial charge on any atom is 0.235 e. The molecule has 1 rings (SSSR count). The Morgan fingerprint density at radius 3 is 2.47 bits per heavy atom. The summed E-state index contributed by atoms with van der Waals surface area (Å²) in [5.74, 6) is 0.106. The third-order valence-electron chi connectivity index (χ3n) is 1.48. The maximum absolute atomic E-state index is 10.6. The highest BCUT2D eigenvalue weighted by Crippen LogP contribution is 2.27. The largest absolute Gasteiger partial charge is 0.491 e. The molecule has 0 atom stereocenters. The Bertz CT molecular complexity index is 444. The Morgan fingerprint density at radius 2 is 1.93 bits per heavy atom. The van der Waals surface area contributed by atoms with E-state index in [0.29, 0.717) is 15.8 Å². The van der Waals surface area contributed by atoms with E-state index in [1.807, 2.05) is 0 Å². The smallest absolute Gasteiger partial charge is 0.235 e. The first kappa shape index (κ1) is 12.9. The van der Waals surface area contributed by atoms with Gasteiger partial charge in [-0.15, -0.1) is 0 Å². The average molecular weight is 290 g/mol. The summed E-state index contributed by atoms with van der Waals surface area (Å²) in [5, 5.41) is 0.812. The number of ether oxygens (including phenoxy) is 1. The monoisotopic (exact) mass is 288 g/mol. The Morgan fingerprint density at radius 1 is 1.27 bits per heavy atom. The first-order valence-electron chi connectivity index (χ1n) is 3.89. The second-order valence-electron chi connectivity index (χ2n) is 2.67. The van der Waals surface area contributed by atoms with Gasteiger partial charge in [-0.05, 0) is 18.2 Å². The van der Waals surface area contributed by atoms with E-state index in [9.17, 15) is 8.42 Å². The number of benzene rings is 1. The minimum atomic E-state index is -3.54. The van der Waals surface area contributed by atoms with Crippen molar-refractivity contribution < 1.29 is 13.2 Å². The van der Waals surface area contributed by atoms with Crippen molar-refractivity contribution in [3.63, 3.8) is 0 Å². The zero-order valence-corrected chi connectivity index (χ0v) is 10.5. The Balaban J connectivity index is 2.59. The van der Waals surface area contributed by atoms with Gasteiger partial charge in [0.2, 0.25) is 9.05 Å². The molecule has 0 fully saturated rings. The number of hydrogen-bond donors (Lipinski definition) is 0. The lowest BCUT2D eigenvalue weighted by Crippen LogP contribution is -2.08. The Labute approximate surface area is 102 Å². The predicted octanol–water partition coefficient (Wildman–Crippen LogP) is 2.94. The third-order valence-corrected chi connectivity index (χ3v) is 3.13. The molecule has 0 amide bonds. The summed E-state index contributed by atoms with van der Waals surface area (Å²) in [6.45, 7) is -0.0484. The van der Waals surface area contributed by atoms with Crippen molar-refractivity contribution in [3.05, 3.63) is 28.2 Å². The molecule has 0 unspecified atom stereocenters. The third kappa shape index (κ3) is 4.93. The molecule has 0 aliphatic carbocycles. The molecule has 0 heterocycles. The molecule has 1 aromatic rings. The van der Waals surface area contributed by atoms with E-state index in [4.69, 9.17) is 38.6 Å². The van der Waals surface area contributed by atoms with Crippen LogP contribution in [0.3, 0.4) is 0 Å². The van der Waals surface area contributed by atoms with Crippen LogP contribution in [0, 0.1) is 0 Å². The highest BCUT2D eigenvalue weighted by atomic mass is 35.7. The quantitative estimate of drug-likeness (QED) is 0.801. The highest BCUT2D eigenvalue weighted by Gasteiger charge is 2.07. The molecular weight excluding hydrogens is 283 g/mol. The van der Waals surface area contributed by atoms with Crippen molar-refractivity contribution in [1.82, 2.24) is 0 Å². The van der Waals surface area contributed by atoms with E-state index in [2.05, 4.69) is 0 Å². The molecule has 3 nitrogen and oxygen atoms in total. The van der Waals surface area contributed by atoms with Gasteiger partial charge in [-0.25, -0.2) is 8.42 Å². The van der Waals surface area contributed by atoms with Gasteiger partial charge in [-0.1, -0.05) is 23.2 Å². The van der Waals surface area contributed by atoms with Crippen molar-refractivity contribution in [2.45, 2.75) is 0 Å². The predicted molar refractivity (Wildman–Crippen MR) is 61.6 cm³/mol. The molecule has 84 valence electrons. The fraction of sp³-hybridized carbons (Fsp3) is 0.250. The summed E-state index contributed by atoms with van der Waals surface area (Å²) in [6.07, 6.45) is 0. The fourth-order valence-electron chi connectivity index (χ4n) is 0.843. The van der Waals surface area contributed by atoms with Gasteiger partial charge in [0.25, 0.3) is 0 Å². The van der Waals surface area contributed by atoms with Gasteiger partial charge in [0.1, 0.15) is 12.4 Å². The molecule has 0 spiro atoms. The van der Waals surface area contributed by atoms with Crippen LogP contribution in [0.2, 0.25) is 10.0 Å². The van der Waals surface area contributed by atoms with Gasteiger partial charge in [-0.3, -0.25) is 0 Å². The van der Waals surface area contributed by atoms with E-state index >= 15 is 0 Å². The lowest BCUT2D eigenvalue weighted by Gasteiger charge is -2.06. The Kier molecular flexibility index (Phi) is 4.52. The van der Waals surface area contributed by atoms with Crippen LogP contribution in [0.1, 0.15) is 0 Å².